The van der Waals surface area contributed by atoms with Crippen molar-refractivity contribution in [2.45, 2.75) is 19.4 Å². The van der Waals surface area contributed by atoms with Gasteiger partial charge in [-0.05, 0) is 53.4 Å². The number of benzene rings is 2. The van der Waals surface area contributed by atoms with Crippen LogP contribution in [0.4, 0.5) is 0 Å². The van der Waals surface area contributed by atoms with E-state index in [2.05, 4.69) is 27.3 Å². The third kappa shape index (κ3) is 4.61. The summed E-state index contributed by atoms with van der Waals surface area (Å²) in [6.45, 7) is 3.22. The highest BCUT2D eigenvalue weighted by atomic mass is 16.5. The molecule has 7 nitrogen and oxygen atoms in total. The van der Waals surface area contributed by atoms with E-state index in [1.165, 1.54) is 11.1 Å². The van der Waals surface area contributed by atoms with Crippen molar-refractivity contribution in [2.24, 2.45) is 0 Å². The Morgan fingerprint density at radius 2 is 1.84 bits per heavy atom. The summed E-state index contributed by atoms with van der Waals surface area (Å²) in [5.74, 6) is 2.34. The first-order chi connectivity index (χ1) is 15.1. The molecule has 0 radical (unpaired) electrons. The van der Waals surface area contributed by atoms with Gasteiger partial charge in [-0.1, -0.05) is 0 Å². The van der Waals surface area contributed by atoms with Gasteiger partial charge in [0.25, 0.3) is 0 Å². The fraction of sp³-hybridized carbons (Fsp3) is 0.375. The van der Waals surface area contributed by atoms with Crippen LogP contribution in [-0.4, -0.2) is 56.8 Å². The van der Waals surface area contributed by atoms with Crippen LogP contribution in [0, 0.1) is 0 Å². The first-order valence-corrected chi connectivity index (χ1v) is 10.5. The molecule has 2 heterocycles. The van der Waals surface area contributed by atoms with Gasteiger partial charge in [0.05, 0.1) is 27.8 Å². The van der Waals surface area contributed by atoms with Gasteiger partial charge in [-0.25, -0.2) is 0 Å². The maximum Gasteiger partial charge on any atom is 0.224 e. The molecule has 0 atom stereocenters. The normalized spacial score (nSPS) is 13.6. The highest BCUT2D eigenvalue weighted by Gasteiger charge is 2.19. The maximum atomic E-state index is 12.5. The van der Waals surface area contributed by atoms with Gasteiger partial charge in [0.1, 0.15) is 5.75 Å². The van der Waals surface area contributed by atoms with Crippen molar-refractivity contribution < 1.29 is 19.0 Å². The molecule has 0 saturated heterocycles. The summed E-state index contributed by atoms with van der Waals surface area (Å²) in [6, 6.07) is 9.97. The predicted molar refractivity (Wildman–Crippen MR) is 120 cm³/mol. The van der Waals surface area contributed by atoms with Crippen molar-refractivity contribution in [3.63, 3.8) is 0 Å². The Hall–Kier alpha value is -3.19. The summed E-state index contributed by atoms with van der Waals surface area (Å²) in [7, 11) is 4.96. The average Bonchev–Trinajstić information content (AvgIpc) is 3.19. The van der Waals surface area contributed by atoms with E-state index in [9.17, 15) is 4.79 Å². The molecule has 31 heavy (non-hydrogen) atoms. The van der Waals surface area contributed by atoms with E-state index >= 15 is 0 Å². The van der Waals surface area contributed by atoms with E-state index in [1.54, 1.807) is 21.3 Å². The minimum atomic E-state index is 0.0209. The van der Waals surface area contributed by atoms with E-state index in [-0.39, 0.29) is 5.91 Å². The highest BCUT2D eigenvalue weighted by Crippen LogP contribution is 2.33. The quantitative estimate of drug-likeness (QED) is 0.583. The zero-order valence-corrected chi connectivity index (χ0v) is 18.3. The maximum absolute atomic E-state index is 12.5. The Bertz CT molecular complexity index is 1080. The fourth-order valence-electron chi connectivity index (χ4n) is 4.15. The lowest BCUT2D eigenvalue weighted by molar-refractivity contribution is -0.120. The zero-order valence-electron chi connectivity index (χ0n) is 18.3. The van der Waals surface area contributed by atoms with Crippen LogP contribution in [0.2, 0.25) is 0 Å². The SMILES string of the molecule is COc1ccc2[nH]cc(CC(=O)NCCN3CCc4cc(OC)c(OC)cc4C3)c2c1. The first kappa shape index (κ1) is 21.1. The number of amides is 1. The van der Waals surface area contributed by atoms with E-state index in [4.69, 9.17) is 14.2 Å². The molecule has 1 aliphatic rings. The number of aromatic nitrogens is 1. The molecular formula is C24H29N3O4. The monoisotopic (exact) mass is 423 g/mol. The number of fused-ring (bicyclic) bond motifs is 2. The van der Waals surface area contributed by atoms with Crippen LogP contribution in [0.1, 0.15) is 16.7 Å². The van der Waals surface area contributed by atoms with Crippen LogP contribution < -0.4 is 19.5 Å². The number of hydrogen-bond donors (Lipinski definition) is 2. The summed E-state index contributed by atoms with van der Waals surface area (Å²) < 4.78 is 16.1. The molecule has 1 amide bonds. The molecular weight excluding hydrogens is 394 g/mol. The van der Waals surface area contributed by atoms with Crippen molar-refractivity contribution >= 4 is 16.8 Å². The Labute approximate surface area is 182 Å². The van der Waals surface area contributed by atoms with Crippen molar-refractivity contribution in [3.05, 3.63) is 53.2 Å². The second kappa shape index (κ2) is 9.31. The summed E-state index contributed by atoms with van der Waals surface area (Å²) in [4.78, 5) is 18.1. The summed E-state index contributed by atoms with van der Waals surface area (Å²) >= 11 is 0. The Morgan fingerprint density at radius 1 is 1.06 bits per heavy atom. The van der Waals surface area contributed by atoms with Crippen LogP contribution in [-0.2, 0) is 24.2 Å². The fourth-order valence-corrected chi connectivity index (χ4v) is 4.15. The molecule has 0 unspecified atom stereocenters. The van der Waals surface area contributed by atoms with Crippen LogP contribution in [0.3, 0.4) is 0 Å². The second-order valence-corrected chi connectivity index (χ2v) is 7.75. The Kier molecular flexibility index (Phi) is 6.32. The molecule has 7 heteroatoms. The van der Waals surface area contributed by atoms with Gasteiger partial charge in [0, 0.05) is 43.3 Å². The van der Waals surface area contributed by atoms with Gasteiger partial charge >= 0.3 is 0 Å². The Balaban J connectivity index is 1.30. The molecule has 1 aromatic heterocycles. The van der Waals surface area contributed by atoms with Crippen LogP contribution >= 0.6 is 0 Å². The number of nitrogens with zero attached hydrogens (tertiary/aromatic N) is 1. The molecule has 2 aromatic carbocycles. The lowest BCUT2D eigenvalue weighted by Crippen LogP contribution is -2.38. The van der Waals surface area contributed by atoms with E-state index in [1.807, 2.05) is 24.4 Å². The summed E-state index contributed by atoms with van der Waals surface area (Å²) in [6.07, 6.45) is 3.20. The van der Waals surface area contributed by atoms with Gasteiger partial charge in [-0.15, -0.1) is 0 Å². The van der Waals surface area contributed by atoms with Crippen molar-refractivity contribution in [2.75, 3.05) is 41.0 Å². The average molecular weight is 424 g/mol. The summed E-state index contributed by atoms with van der Waals surface area (Å²) in [5, 5.41) is 4.08. The number of hydrogen-bond acceptors (Lipinski definition) is 5. The number of carbonyl (C=O) groups excluding carboxylic acids is 1. The molecule has 3 aromatic rings. The number of methoxy groups -OCH3 is 3. The van der Waals surface area contributed by atoms with Crippen molar-refractivity contribution in [3.8, 4) is 17.2 Å². The van der Waals surface area contributed by atoms with Gasteiger partial charge in [-0.2, -0.15) is 0 Å². The topological polar surface area (TPSA) is 75.8 Å². The van der Waals surface area contributed by atoms with E-state index in [0.717, 1.165) is 59.8 Å². The molecule has 0 bridgehead atoms. The highest BCUT2D eigenvalue weighted by molar-refractivity contribution is 5.89. The zero-order chi connectivity index (χ0) is 21.8. The minimum absolute atomic E-state index is 0.0209. The van der Waals surface area contributed by atoms with E-state index in [0.29, 0.717) is 13.0 Å². The standard InChI is InChI=1S/C24H29N3O4/c1-29-19-4-5-21-20(13-19)17(14-26-21)12-24(28)25-7-9-27-8-6-16-10-22(30-2)23(31-3)11-18(16)15-27/h4-5,10-11,13-14,26H,6-9,12,15H2,1-3H3,(H,25,28). The molecule has 0 aliphatic carbocycles. The van der Waals surface area contributed by atoms with Crippen molar-refractivity contribution in [1.29, 1.82) is 0 Å². The number of aromatic amines is 1. The second-order valence-electron chi connectivity index (χ2n) is 7.75. The third-order valence-electron chi connectivity index (χ3n) is 5.87. The number of rotatable bonds is 8. The molecule has 4 rings (SSSR count). The predicted octanol–water partition coefficient (Wildman–Crippen LogP) is 2.91. The number of H-pyrrole nitrogens is 1. The minimum Gasteiger partial charge on any atom is -0.497 e. The van der Waals surface area contributed by atoms with Gasteiger partial charge in [0.2, 0.25) is 5.91 Å². The largest absolute Gasteiger partial charge is 0.497 e. The molecule has 2 N–H and O–H groups in total. The molecule has 0 saturated carbocycles. The molecule has 0 spiro atoms. The van der Waals surface area contributed by atoms with Crippen LogP contribution in [0.25, 0.3) is 10.9 Å². The van der Waals surface area contributed by atoms with Crippen LogP contribution in [0.15, 0.2) is 36.5 Å². The van der Waals surface area contributed by atoms with Gasteiger partial charge in [0.15, 0.2) is 11.5 Å². The number of ether oxygens (including phenoxy) is 3. The number of carbonyl (C=O) groups is 1. The smallest absolute Gasteiger partial charge is 0.224 e. The third-order valence-corrected chi connectivity index (χ3v) is 5.87. The summed E-state index contributed by atoms with van der Waals surface area (Å²) in [5.41, 5.74) is 4.53. The molecule has 164 valence electrons. The van der Waals surface area contributed by atoms with Gasteiger partial charge in [-0.3, -0.25) is 9.69 Å². The molecule has 1 aliphatic heterocycles. The van der Waals surface area contributed by atoms with Gasteiger partial charge < -0.3 is 24.5 Å². The van der Waals surface area contributed by atoms with Crippen molar-refractivity contribution in [1.82, 2.24) is 15.2 Å². The van der Waals surface area contributed by atoms with Crippen LogP contribution in [0.5, 0.6) is 17.2 Å². The lowest BCUT2D eigenvalue weighted by Gasteiger charge is -2.29. The number of nitrogens with one attached hydrogen (secondary N) is 2. The Morgan fingerprint density at radius 3 is 2.58 bits per heavy atom. The first-order valence-electron chi connectivity index (χ1n) is 10.5. The lowest BCUT2D eigenvalue weighted by atomic mass is 9.99. The molecule has 0 fully saturated rings. The van der Waals surface area contributed by atoms with E-state index < -0.39 is 0 Å².